The lowest BCUT2D eigenvalue weighted by Gasteiger charge is -2.22. The Kier molecular flexibility index (Phi) is 8.96. The Morgan fingerprint density at radius 1 is 1.06 bits per heavy atom. The van der Waals surface area contributed by atoms with Crippen molar-refractivity contribution in [2.75, 3.05) is 19.6 Å². The molecule has 0 radical (unpaired) electrons. The van der Waals surface area contributed by atoms with Crippen LogP contribution in [0.3, 0.4) is 0 Å². The first-order chi connectivity index (χ1) is 7.48. The fourth-order valence-corrected chi connectivity index (χ4v) is 1.66. The van der Waals surface area contributed by atoms with E-state index in [9.17, 15) is 0 Å². The smallest absolute Gasteiger partial charge is 0.00146 e. The van der Waals surface area contributed by atoms with E-state index in [0.717, 1.165) is 25.6 Å². The molecule has 98 valence electrons. The molecule has 0 unspecified atom stereocenters. The van der Waals surface area contributed by atoms with E-state index in [-0.39, 0.29) is 5.41 Å². The molecule has 0 aromatic carbocycles. The number of hydrogen-bond acceptors (Lipinski definition) is 2. The Hall–Kier alpha value is -0.0800. The molecule has 0 saturated carbocycles. The third-order valence-corrected chi connectivity index (χ3v) is 3.04. The van der Waals surface area contributed by atoms with Gasteiger partial charge in [0.05, 0.1) is 0 Å². The Bertz CT molecular complexity index is 153. The van der Waals surface area contributed by atoms with Crippen LogP contribution in [0.2, 0.25) is 0 Å². The molecule has 2 nitrogen and oxygen atoms in total. The summed E-state index contributed by atoms with van der Waals surface area (Å²) in [5.74, 6) is 0.864. The molecule has 0 aromatic rings. The lowest BCUT2D eigenvalue weighted by Crippen LogP contribution is -2.35. The molecule has 0 fully saturated rings. The van der Waals surface area contributed by atoms with Crippen molar-refractivity contribution >= 4 is 0 Å². The monoisotopic (exact) mass is 228 g/mol. The van der Waals surface area contributed by atoms with Gasteiger partial charge in [-0.25, -0.2) is 0 Å². The molecule has 0 heterocycles. The van der Waals surface area contributed by atoms with Crippen LogP contribution in [-0.2, 0) is 0 Å². The summed E-state index contributed by atoms with van der Waals surface area (Å²) in [7, 11) is 0. The minimum atomic E-state index is 0.248. The maximum absolute atomic E-state index is 5.68. The number of nitrogens with two attached hydrogens (primary N) is 1. The molecular formula is C14H32N2. The van der Waals surface area contributed by atoms with Gasteiger partial charge in [0.25, 0.3) is 0 Å². The summed E-state index contributed by atoms with van der Waals surface area (Å²) >= 11 is 0. The van der Waals surface area contributed by atoms with Crippen molar-refractivity contribution < 1.29 is 0 Å². The zero-order valence-electron chi connectivity index (χ0n) is 11.8. The van der Waals surface area contributed by atoms with E-state index < -0.39 is 0 Å². The molecule has 0 atom stereocenters. The maximum Gasteiger partial charge on any atom is 0.00146 e. The van der Waals surface area contributed by atoms with Crippen molar-refractivity contribution in [2.24, 2.45) is 17.1 Å². The van der Waals surface area contributed by atoms with Gasteiger partial charge in [-0.2, -0.15) is 0 Å². The van der Waals surface area contributed by atoms with Gasteiger partial charge in [0.15, 0.2) is 0 Å². The second-order valence-electron chi connectivity index (χ2n) is 6.14. The van der Waals surface area contributed by atoms with Gasteiger partial charge in [-0.15, -0.1) is 0 Å². The molecule has 0 amide bonds. The number of hydrogen-bond donors (Lipinski definition) is 2. The zero-order chi connectivity index (χ0) is 12.4. The lowest BCUT2D eigenvalue weighted by molar-refractivity contribution is 0.350. The van der Waals surface area contributed by atoms with Crippen LogP contribution in [0.25, 0.3) is 0 Å². The van der Waals surface area contributed by atoms with Crippen LogP contribution >= 0.6 is 0 Å². The van der Waals surface area contributed by atoms with Crippen molar-refractivity contribution in [3.8, 4) is 0 Å². The third kappa shape index (κ3) is 10.4. The largest absolute Gasteiger partial charge is 0.330 e. The number of unbranched alkanes of at least 4 members (excludes halogenated alkanes) is 3. The summed E-state index contributed by atoms with van der Waals surface area (Å²) < 4.78 is 0. The van der Waals surface area contributed by atoms with Gasteiger partial charge in [0.2, 0.25) is 0 Å². The van der Waals surface area contributed by atoms with E-state index in [0.29, 0.717) is 0 Å². The maximum atomic E-state index is 5.68. The zero-order valence-corrected chi connectivity index (χ0v) is 11.8. The summed E-state index contributed by atoms with van der Waals surface area (Å²) in [6, 6.07) is 0. The molecule has 0 aliphatic rings. The van der Waals surface area contributed by atoms with Crippen LogP contribution in [0.4, 0.5) is 0 Å². The molecule has 3 N–H and O–H groups in total. The molecule has 0 rings (SSSR count). The van der Waals surface area contributed by atoms with E-state index in [2.05, 4.69) is 33.0 Å². The molecule has 0 spiro atoms. The molecule has 0 bridgehead atoms. The second kappa shape index (κ2) is 9.00. The van der Waals surface area contributed by atoms with Gasteiger partial charge in [0, 0.05) is 6.54 Å². The summed E-state index contributed by atoms with van der Waals surface area (Å²) in [6.07, 6.45) is 6.83. The average molecular weight is 228 g/mol. The first-order valence-electron chi connectivity index (χ1n) is 6.89. The van der Waals surface area contributed by atoms with Crippen molar-refractivity contribution in [3.63, 3.8) is 0 Å². The third-order valence-electron chi connectivity index (χ3n) is 3.04. The first-order valence-corrected chi connectivity index (χ1v) is 6.89. The fourth-order valence-electron chi connectivity index (χ4n) is 1.66. The second-order valence-corrected chi connectivity index (χ2v) is 6.14. The predicted octanol–water partition coefficient (Wildman–Crippen LogP) is 3.17. The minimum absolute atomic E-state index is 0.248. The number of nitrogens with one attached hydrogen (secondary N) is 1. The van der Waals surface area contributed by atoms with Crippen LogP contribution < -0.4 is 11.1 Å². The van der Waals surface area contributed by atoms with Crippen LogP contribution in [-0.4, -0.2) is 19.6 Å². The Morgan fingerprint density at radius 3 is 2.25 bits per heavy atom. The summed E-state index contributed by atoms with van der Waals surface area (Å²) in [5.41, 5.74) is 5.92. The quantitative estimate of drug-likeness (QED) is 0.564. The molecule has 16 heavy (non-hydrogen) atoms. The van der Waals surface area contributed by atoms with E-state index in [1.54, 1.807) is 0 Å². The number of rotatable bonds is 10. The fraction of sp³-hybridized carbons (Fsp3) is 1.00. The topological polar surface area (TPSA) is 38.0 Å². The van der Waals surface area contributed by atoms with Gasteiger partial charge in [0.1, 0.15) is 0 Å². The Balaban J connectivity index is 3.16. The molecule has 0 aliphatic carbocycles. The summed E-state index contributed by atoms with van der Waals surface area (Å²) in [5, 5.41) is 3.50. The van der Waals surface area contributed by atoms with Gasteiger partial charge in [-0.1, -0.05) is 53.4 Å². The highest BCUT2D eigenvalue weighted by Gasteiger charge is 2.13. The summed E-state index contributed by atoms with van der Waals surface area (Å²) in [4.78, 5) is 0. The lowest BCUT2D eigenvalue weighted by atomic mass is 9.94. The van der Waals surface area contributed by atoms with E-state index in [4.69, 9.17) is 5.73 Å². The summed E-state index contributed by atoms with van der Waals surface area (Å²) in [6.45, 7) is 12.0. The van der Waals surface area contributed by atoms with Crippen molar-refractivity contribution in [1.29, 1.82) is 0 Å². The van der Waals surface area contributed by atoms with Gasteiger partial charge < -0.3 is 11.1 Å². The van der Waals surface area contributed by atoms with Crippen LogP contribution in [0, 0.1) is 11.3 Å². The van der Waals surface area contributed by atoms with Crippen LogP contribution in [0.15, 0.2) is 0 Å². The highest BCUT2D eigenvalue weighted by molar-refractivity contribution is 4.71. The standard InChI is InChI=1S/C14H32N2/c1-13(2)9-7-5-6-8-10-16-12-14(3,4)11-15/h13,16H,5-12,15H2,1-4H3. The SMILES string of the molecule is CC(C)CCCCCCNCC(C)(C)CN. The highest BCUT2D eigenvalue weighted by atomic mass is 14.9. The van der Waals surface area contributed by atoms with Gasteiger partial charge >= 0.3 is 0 Å². The van der Waals surface area contributed by atoms with Crippen molar-refractivity contribution in [1.82, 2.24) is 5.32 Å². The van der Waals surface area contributed by atoms with Crippen LogP contribution in [0.5, 0.6) is 0 Å². The van der Waals surface area contributed by atoms with Gasteiger partial charge in [-0.05, 0) is 30.8 Å². The van der Waals surface area contributed by atoms with Crippen molar-refractivity contribution in [3.05, 3.63) is 0 Å². The van der Waals surface area contributed by atoms with E-state index >= 15 is 0 Å². The molecular weight excluding hydrogens is 196 g/mol. The minimum Gasteiger partial charge on any atom is -0.330 e. The Labute approximate surface area is 102 Å². The molecule has 0 aromatic heterocycles. The first kappa shape index (κ1) is 15.9. The normalized spacial score (nSPS) is 12.4. The molecule has 0 aliphatic heterocycles. The Morgan fingerprint density at radius 2 is 1.69 bits per heavy atom. The van der Waals surface area contributed by atoms with Crippen LogP contribution in [0.1, 0.15) is 59.8 Å². The van der Waals surface area contributed by atoms with Crippen molar-refractivity contribution in [2.45, 2.75) is 59.8 Å². The van der Waals surface area contributed by atoms with Gasteiger partial charge in [-0.3, -0.25) is 0 Å². The van der Waals surface area contributed by atoms with E-state index in [1.807, 2.05) is 0 Å². The molecule has 2 heteroatoms. The van der Waals surface area contributed by atoms with E-state index in [1.165, 1.54) is 32.1 Å². The molecule has 0 saturated heterocycles. The average Bonchev–Trinajstić information content (AvgIpc) is 2.21. The predicted molar refractivity (Wildman–Crippen MR) is 73.6 cm³/mol. The highest BCUT2D eigenvalue weighted by Crippen LogP contribution is 2.11.